The average Bonchev–Trinajstić information content (AvgIpc) is 2.83. The van der Waals surface area contributed by atoms with Crippen LogP contribution in [0.25, 0.3) is 0 Å². The predicted molar refractivity (Wildman–Crippen MR) is 84.3 cm³/mol. The first-order chi connectivity index (χ1) is 10.1. The van der Waals surface area contributed by atoms with Gasteiger partial charge in [-0.25, -0.2) is 0 Å². The van der Waals surface area contributed by atoms with Gasteiger partial charge in [0.2, 0.25) is 5.91 Å². The van der Waals surface area contributed by atoms with E-state index in [2.05, 4.69) is 18.3 Å². The van der Waals surface area contributed by atoms with Gasteiger partial charge in [-0.15, -0.1) is 0 Å². The van der Waals surface area contributed by atoms with Gasteiger partial charge in [-0.1, -0.05) is 18.2 Å². The van der Waals surface area contributed by atoms with Crippen molar-refractivity contribution in [2.45, 2.75) is 52.3 Å². The van der Waals surface area contributed by atoms with Crippen molar-refractivity contribution in [3.63, 3.8) is 0 Å². The molecule has 1 aromatic rings. The fourth-order valence-electron chi connectivity index (χ4n) is 2.60. The van der Waals surface area contributed by atoms with Crippen LogP contribution in [-0.4, -0.2) is 36.0 Å². The summed E-state index contributed by atoms with van der Waals surface area (Å²) in [4.78, 5) is 13.6. The van der Waals surface area contributed by atoms with Crippen LogP contribution >= 0.6 is 0 Å². The molecule has 4 heteroatoms. The van der Waals surface area contributed by atoms with E-state index in [1.165, 1.54) is 0 Å². The van der Waals surface area contributed by atoms with E-state index in [0.717, 1.165) is 37.4 Å². The lowest BCUT2D eigenvalue weighted by Gasteiger charge is -2.22. The highest BCUT2D eigenvalue weighted by molar-refractivity contribution is 5.78. The summed E-state index contributed by atoms with van der Waals surface area (Å²) in [7, 11) is 0. The number of amides is 1. The Hall–Kier alpha value is -1.55. The number of benzene rings is 1. The van der Waals surface area contributed by atoms with Crippen molar-refractivity contribution in [2.24, 2.45) is 0 Å². The molecule has 0 aliphatic carbocycles. The monoisotopic (exact) mass is 290 g/mol. The van der Waals surface area contributed by atoms with Gasteiger partial charge >= 0.3 is 0 Å². The van der Waals surface area contributed by atoms with Crippen molar-refractivity contribution in [3.05, 3.63) is 29.8 Å². The topological polar surface area (TPSA) is 41.6 Å². The molecule has 21 heavy (non-hydrogen) atoms. The molecule has 4 nitrogen and oxygen atoms in total. The van der Waals surface area contributed by atoms with E-state index < -0.39 is 0 Å². The Morgan fingerprint density at radius 2 is 2.05 bits per heavy atom. The minimum Gasteiger partial charge on any atom is -0.491 e. The molecular formula is C17H26N2O2. The first-order valence-electron chi connectivity index (χ1n) is 7.82. The summed E-state index contributed by atoms with van der Waals surface area (Å²) in [6.45, 7) is 8.63. The van der Waals surface area contributed by atoms with Gasteiger partial charge in [0.15, 0.2) is 0 Å². The van der Waals surface area contributed by atoms with Crippen molar-refractivity contribution in [2.75, 3.05) is 13.1 Å². The lowest BCUT2D eigenvalue weighted by molar-refractivity contribution is -0.127. The SMILES string of the molecule is CC(CN1CCCC1=O)NCc1ccccc1OC(C)C. The van der Waals surface area contributed by atoms with Gasteiger partial charge in [-0.2, -0.15) is 0 Å². The van der Waals surface area contributed by atoms with Crippen LogP contribution in [0, 0.1) is 0 Å². The molecule has 1 N–H and O–H groups in total. The Kier molecular flexibility index (Phi) is 5.62. The molecule has 0 spiro atoms. The number of nitrogens with zero attached hydrogens (tertiary/aromatic N) is 1. The number of carbonyl (C=O) groups is 1. The fraction of sp³-hybridized carbons (Fsp3) is 0.588. The summed E-state index contributed by atoms with van der Waals surface area (Å²) < 4.78 is 5.82. The van der Waals surface area contributed by atoms with Gasteiger partial charge in [-0.05, 0) is 33.3 Å². The maximum atomic E-state index is 11.6. The number of nitrogens with one attached hydrogen (secondary N) is 1. The van der Waals surface area contributed by atoms with Crippen molar-refractivity contribution in [1.82, 2.24) is 10.2 Å². The van der Waals surface area contributed by atoms with E-state index in [9.17, 15) is 4.79 Å². The Labute approximate surface area is 127 Å². The number of ether oxygens (including phenoxy) is 1. The molecule has 1 aromatic carbocycles. The van der Waals surface area contributed by atoms with E-state index in [0.29, 0.717) is 6.42 Å². The van der Waals surface area contributed by atoms with Crippen molar-refractivity contribution in [1.29, 1.82) is 0 Å². The molecule has 1 unspecified atom stereocenters. The second-order valence-corrected chi connectivity index (χ2v) is 6.00. The Morgan fingerprint density at radius 3 is 2.71 bits per heavy atom. The zero-order chi connectivity index (χ0) is 15.2. The van der Waals surface area contributed by atoms with Crippen molar-refractivity contribution in [3.8, 4) is 5.75 Å². The van der Waals surface area contributed by atoms with Crippen LogP contribution in [-0.2, 0) is 11.3 Å². The van der Waals surface area contributed by atoms with Gasteiger partial charge < -0.3 is 15.0 Å². The van der Waals surface area contributed by atoms with Crippen LogP contribution in [0.5, 0.6) is 5.75 Å². The van der Waals surface area contributed by atoms with Crippen LogP contribution in [0.15, 0.2) is 24.3 Å². The quantitative estimate of drug-likeness (QED) is 0.839. The zero-order valence-corrected chi connectivity index (χ0v) is 13.3. The summed E-state index contributed by atoms with van der Waals surface area (Å²) in [5, 5.41) is 3.49. The number of rotatable bonds is 7. The van der Waals surface area contributed by atoms with E-state index in [4.69, 9.17) is 4.74 Å². The Balaban J connectivity index is 1.86. The molecule has 1 amide bonds. The summed E-state index contributed by atoms with van der Waals surface area (Å²) in [6, 6.07) is 8.38. The van der Waals surface area contributed by atoms with Crippen LogP contribution in [0.2, 0.25) is 0 Å². The largest absolute Gasteiger partial charge is 0.491 e. The third kappa shape index (κ3) is 4.74. The highest BCUT2D eigenvalue weighted by Gasteiger charge is 2.21. The van der Waals surface area contributed by atoms with Gasteiger partial charge in [0, 0.05) is 37.7 Å². The van der Waals surface area contributed by atoms with Gasteiger partial charge in [0.05, 0.1) is 6.10 Å². The highest BCUT2D eigenvalue weighted by atomic mass is 16.5. The number of para-hydroxylation sites is 1. The van der Waals surface area contributed by atoms with Gasteiger partial charge in [0.25, 0.3) is 0 Å². The number of carbonyl (C=O) groups excluding carboxylic acids is 1. The smallest absolute Gasteiger partial charge is 0.222 e. The lowest BCUT2D eigenvalue weighted by Crippen LogP contribution is -2.39. The average molecular weight is 290 g/mol. The summed E-state index contributed by atoms with van der Waals surface area (Å²) >= 11 is 0. The lowest BCUT2D eigenvalue weighted by atomic mass is 10.2. The Bertz CT molecular complexity index is 474. The first-order valence-corrected chi connectivity index (χ1v) is 7.82. The predicted octanol–water partition coefficient (Wildman–Crippen LogP) is 2.57. The van der Waals surface area contributed by atoms with E-state index in [1.54, 1.807) is 0 Å². The van der Waals surface area contributed by atoms with Gasteiger partial charge in [0.1, 0.15) is 5.75 Å². The van der Waals surface area contributed by atoms with Crippen LogP contribution in [0.1, 0.15) is 39.2 Å². The van der Waals surface area contributed by atoms with Crippen molar-refractivity contribution >= 4 is 5.91 Å². The number of hydrogen-bond donors (Lipinski definition) is 1. The molecule has 0 bridgehead atoms. The minimum absolute atomic E-state index is 0.172. The fourth-order valence-corrected chi connectivity index (χ4v) is 2.60. The van der Waals surface area contributed by atoms with Crippen LogP contribution < -0.4 is 10.1 Å². The zero-order valence-electron chi connectivity index (χ0n) is 13.3. The van der Waals surface area contributed by atoms with E-state index in [-0.39, 0.29) is 18.1 Å². The minimum atomic E-state index is 0.172. The summed E-state index contributed by atoms with van der Waals surface area (Å²) in [6.07, 6.45) is 1.87. The molecule has 1 heterocycles. The van der Waals surface area contributed by atoms with Crippen molar-refractivity contribution < 1.29 is 9.53 Å². The third-order valence-electron chi connectivity index (χ3n) is 3.64. The molecule has 2 rings (SSSR count). The molecule has 1 fully saturated rings. The van der Waals surface area contributed by atoms with E-state index >= 15 is 0 Å². The Morgan fingerprint density at radius 1 is 1.29 bits per heavy atom. The molecule has 1 aliphatic rings. The third-order valence-corrected chi connectivity index (χ3v) is 3.64. The summed E-state index contributed by atoms with van der Waals surface area (Å²) in [5.74, 6) is 1.22. The molecule has 1 aliphatic heterocycles. The maximum absolute atomic E-state index is 11.6. The molecule has 116 valence electrons. The second kappa shape index (κ2) is 7.46. The van der Waals surface area contributed by atoms with Gasteiger partial charge in [-0.3, -0.25) is 4.79 Å². The molecule has 1 saturated heterocycles. The first kappa shape index (κ1) is 15.8. The van der Waals surface area contributed by atoms with E-state index in [1.807, 2.05) is 36.9 Å². The maximum Gasteiger partial charge on any atom is 0.222 e. The molecular weight excluding hydrogens is 264 g/mol. The molecule has 0 radical (unpaired) electrons. The summed E-state index contributed by atoms with van der Waals surface area (Å²) in [5.41, 5.74) is 1.16. The number of hydrogen-bond acceptors (Lipinski definition) is 3. The molecule has 0 aromatic heterocycles. The standard InChI is InChI=1S/C17H26N2O2/c1-13(2)21-16-8-5-4-7-15(16)11-18-14(3)12-19-10-6-9-17(19)20/h4-5,7-8,13-14,18H,6,9-12H2,1-3H3. The van der Waals surface area contributed by atoms with Crippen LogP contribution in [0.4, 0.5) is 0 Å². The number of likely N-dealkylation sites (tertiary alicyclic amines) is 1. The normalized spacial score (nSPS) is 16.6. The highest BCUT2D eigenvalue weighted by Crippen LogP contribution is 2.19. The molecule has 1 atom stereocenters. The van der Waals surface area contributed by atoms with Crippen LogP contribution in [0.3, 0.4) is 0 Å². The second-order valence-electron chi connectivity index (χ2n) is 6.00. The molecule has 0 saturated carbocycles.